The highest BCUT2D eigenvalue weighted by Crippen LogP contribution is 2.21. The van der Waals surface area contributed by atoms with Crippen molar-refractivity contribution in [1.29, 1.82) is 0 Å². The highest BCUT2D eigenvalue weighted by atomic mass is 16.5. The Bertz CT molecular complexity index is 1150. The van der Waals surface area contributed by atoms with Gasteiger partial charge in [-0.25, -0.2) is 4.79 Å². The fraction of sp³-hybridized carbons (Fsp3) is 0.143. The summed E-state index contributed by atoms with van der Waals surface area (Å²) in [5.74, 6) is -0.659. The van der Waals surface area contributed by atoms with Gasteiger partial charge in [-0.1, -0.05) is 23.4 Å². The Morgan fingerprint density at radius 1 is 1.24 bits per heavy atom. The normalized spacial score (nSPS) is 11.9. The van der Waals surface area contributed by atoms with E-state index in [0.717, 1.165) is 16.5 Å². The number of methoxy groups -OCH3 is 1. The zero-order chi connectivity index (χ0) is 20.2. The predicted octanol–water partition coefficient (Wildman–Crippen LogP) is 2.73. The van der Waals surface area contributed by atoms with Crippen LogP contribution in [0, 0.1) is 0 Å². The maximum absolute atomic E-state index is 12.6. The lowest BCUT2D eigenvalue weighted by atomic mass is 10.0. The Labute approximate surface area is 165 Å². The number of esters is 1. The van der Waals surface area contributed by atoms with Gasteiger partial charge in [0.05, 0.1) is 7.11 Å². The molecule has 0 saturated heterocycles. The maximum atomic E-state index is 12.6. The lowest BCUT2D eigenvalue weighted by molar-refractivity contribution is -0.142. The van der Waals surface area contributed by atoms with Crippen LogP contribution in [0.4, 0.5) is 0 Å². The van der Waals surface area contributed by atoms with E-state index in [1.54, 1.807) is 24.5 Å². The Morgan fingerprint density at radius 3 is 2.90 bits per heavy atom. The smallest absolute Gasteiger partial charge is 0.328 e. The van der Waals surface area contributed by atoms with Gasteiger partial charge in [0.1, 0.15) is 6.04 Å². The van der Waals surface area contributed by atoms with Crippen LogP contribution in [0.5, 0.6) is 0 Å². The highest BCUT2D eigenvalue weighted by Gasteiger charge is 2.25. The maximum Gasteiger partial charge on any atom is 0.328 e. The number of carbonyl (C=O) groups excluding carboxylic acids is 2. The van der Waals surface area contributed by atoms with Gasteiger partial charge in [0.25, 0.3) is 5.91 Å². The molecule has 29 heavy (non-hydrogen) atoms. The number of nitrogens with zero attached hydrogens (tertiary/aromatic N) is 2. The van der Waals surface area contributed by atoms with Crippen molar-refractivity contribution in [2.45, 2.75) is 12.5 Å². The molecule has 3 heterocycles. The number of H-pyrrole nitrogens is 1. The molecule has 1 atom stereocenters. The summed E-state index contributed by atoms with van der Waals surface area (Å²) in [6.07, 6.45) is 5.34. The molecule has 0 aliphatic rings. The van der Waals surface area contributed by atoms with Crippen molar-refractivity contribution in [2.75, 3.05) is 7.11 Å². The summed E-state index contributed by atoms with van der Waals surface area (Å²) in [5.41, 5.74) is 2.61. The van der Waals surface area contributed by atoms with Crippen molar-refractivity contribution in [3.05, 3.63) is 72.3 Å². The average Bonchev–Trinajstić information content (AvgIpc) is 3.41. The number of para-hydroxylation sites is 1. The summed E-state index contributed by atoms with van der Waals surface area (Å²) in [4.78, 5) is 32.1. The van der Waals surface area contributed by atoms with E-state index >= 15 is 0 Å². The molecular weight excluding hydrogens is 372 g/mol. The average molecular weight is 390 g/mol. The standard InChI is InChI=1S/C21H18N4O4/c1-28-21(27)18(9-14-12-23-16-7-3-2-6-15(14)16)24-20(26)17-10-19(29-25-17)13-5-4-8-22-11-13/h2-8,10-12,18,23H,9H2,1H3,(H,24,26)/t18-/m1/s1. The third kappa shape index (κ3) is 3.86. The van der Waals surface area contributed by atoms with Gasteiger partial charge in [0, 0.05) is 47.5 Å². The van der Waals surface area contributed by atoms with Crippen molar-refractivity contribution < 1.29 is 18.8 Å². The summed E-state index contributed by atoms with van der Waals surface area (Å²) < 4.78 is 10.1. The first-order valence-corrected chi connectivity index (χ1v) is 8.96. The van der Waals surface area contributed by atoms with Crippen molar-refractivity contribution in [1.82, 2.24) is 20.4 Å². The van der Waals surface area contributed by atoms with Crippen LogP contribution in [0.2, 0.25) is 0 Å². The number of benzene rings is 1. The van der Waals surface area contributed by atoms with Crippen LogP contribution in [-0.2, 0) is 16.0 Å². The minimum Gasteiger partial charge on any atom is -0.467 e. The summed E-state index contributed by atoms with van der Waals surface area (Å²) in [6, 6.07) is 11.9. The fourth-order valence-corrected chi connectivity index (χ4v) is 3.11. The molecule has 0 aliphatic carbocycles. The molecular formula is C21H18N4O4. The zero-order valence-corrected chi connectivity index (χ0v) is 15.6. The fourth-order valence-electron chi connectivity index (χ4n) is 3.11. The van der Waals surface area contributed by atoms with Crippen LogP contribution in [0.15, 0.2) is 65.6 Å². The van der Waals surface area contributed by atoms with Crippen LogP contribution in [0.25, 0.3) is 22.2 Å². The van der Waals surface area contributed by atoms with Crippen LogP contribution in [-0.4, -0.2) is 40.2 Å². The Balaban J connectivity index is 1.53. The molecule has 0 fully saturated rings. The summed E-state index contributed by atoms with van der Waals surface area (Å²) in [6.45, 7) is 0. The van der Waals surface area contributed by atoms with Gasteiger partial charge in [-0.2, -0.15) is 0 Å². The van der Waals surface area contributed by atoms with Gasteiger partial charge in [-0.05, 0) is 23.8 Å². The number of nitrogens with one attached hydrogen (secondary N) is 2. The van der Waals surface area contributed by atoms with Crippen molar-refractivity contribution in [2.24, 2.45) is 0 Å². The van der Waals surface area contributed by atoms with E-state index in [4.69, 9.17) is 9.26 Å². The third-order valence-electron chi connectivity index (χ3n) is 4.58. The molecule has 0 saturated carbocycles. The minimum absolute atomic E-state index is 0.0664. The number of fused-ring (bicyclic) bond motifs is 1. The van der Waals surface area contributed by atoms with E-state index in [0.29, 0.717) is 11.3 Å². The molecule has 1 aromatic carbocycles. The van der Waals surface area contributed by atoms with Crippen molar-refractivity contribution in [3.63, 3.8) is 0 Å². The van der Waals surface area contributed by atoms with E-state index < -0.39 is 17.9 Å². The molecule has 146 valence electrons. The summed E-state index contributed by atoms with van der Waals surface area (Å²) >= 11 is 0. The number of amides is 1. The number of carbonyl (C=O) groups is 2. The van der Waals surface area contributed by atoms with Crippen molar-refractivity contribution in [3.8, 4) is 11.3 Å². The predicted molar refractivity (Wildman–Crippen MR) is 105 cm³/mol. The van der Waals surface area contributed by atoms with E-state index in [2.05, 4.69) is 20.4 Å². The van der Waals surface area contributed by atoms with Gasteiger partial charge in [-0.15, -0.1) is 0 Å². The number of hydrogen-bond donors (Lipinski definition) is 2. The van der Waals surface area contributed by atoms with E-state index in [1.807, 2.05) is 30.5 Å². The second-order valence-electron chi connectivity index (χ2n) is 6.43. The highest BCUT2D eigenvalue weighted by molar-refractivity contribution is 5.96. The van der Waals surface area contributed by atoms with E-state index in [-0.39, 0.29) is 12.1 Å². The molecule has 8 nitrogen and oxygen atoms in total. The quantitative estimate of drug-likeness (QED) is 0.490. The lowest BCUT2D eigenvalue weighted by Gasteiger charge is -2.15. The third-order valence-corrected chi connectivity index (χ3v) is 4.58. The first-order chi connectivity index (χ1) is 14.2. The Hall–Kier alpha value is -3.94. The van der Waals surface area contributed by atoms with Gasteiger partial charge in [0.15, 0.2) is 11.5 Å². The molecule has 0 spiro atoms. The van der Waals surface area contributed by atoms with E-state index in [1.165, 1.54) is 13.2 Å². The first kappa shape index (κ1) is 18.4. The molecule has 4 rings (SSSR count). The second-order valence-corrected chi connectivity index (χ2v) is 6.43. The Morgan fingerprint density at radius 2 is 2.10 bits per heavy atom. The van der Waals surface area contributed by atoms with Crippen molar-refractivity contribution >= 4 is 22.8 Å². The molecule has 3 aromatic heterocycles. The topological polar surface area (TPSA) is 110 Å². The summed E-state index contributed by atoms with van der Waals surface area (Å²) in [7, 11) is 1.29. The Kier molecular flexibility index (Phi) is 5.07. The number of hydrogen-bond acceptors (Lipinski definition) is 6. The number of ether oxygens (including phenoxy) is 1. The van der Waals surface area contributed by atoms with Gasteiger partial charge in [-0.3, -0.25) is 9.78 Å². The number of rotatable bonds is 6. The molecule has 8 heteroatoms. The number of aromatic amines is 1. The van der Waals surface area contributed by atoms with Crippen LogP contribution < -0.4 is 5.32 Å². The number of pyridine rings is 1. The molecule has 1 amide bonds. The summed E-state index contributed by atoms with van der Waals surface area (Å²) in [5, 5.41) is 7.47. The van der Waals surface area contributed by atoms with E-state index in [9.17, 15) is 9.59 Å². The van der Waals surface area contributed by atoms with Gasteiger partial charge < -0.3 is 19.6 Å². The van der Waals surface area contributed by atoms with Crippen LogP contribution in [0.1, 0.15) is 16.1 Å². The minimum atomic E-state index is -0.870. The molecule has 0 unspecified atom stereocenters. The zero-order valence-electron chi connectivity index (χ0n) is 15.6. The molecule has 0 aliphatic heterocycles. The molecule has 0 bridgehead atoms. The number of aromatic nitrogens is 3. The SMILES string of the molecule is COC(=O)[C@@H](Cc1c[nH]c2ccccc12)NC(=O)c1cc(-c2cccnc2)on1. The largest absolute Gasteiger partial charge is 0.467 e. The van der Waals surface area contributed by atoms with Crippen LogP contribution >= 0.6 is 0 Å². The van der Waals surface area contributed by atoms with Crippen LogP contribution in [0.3, 0.4) is 0 Å². The first-order valence-electron chi connectivity index (χ1n) is 8.96. The molecule has 0 radical (unpaired) electrons. The van der Waals surface area contributed by atoms with Gasteiger partial charge >= 0.3 is 5.97 Å². The van der Waals surface area contributed by atoms with Gasteiger partial charge in [0.2, 0.25) is 0 Å². The second kappa shape index (κ2) is 7.97. The monoisotopic (exact) mass is 390 g/mol. The molecule has 4 aromatic rings. The lowest BCUT2D eigenvalue weighted by Crippen LogP contribution is -2.43. The molecule has 2 N–H and O–H groups in total.